The van der Waals surface area contributed by atoms with Crippen molar-refractivity contribution in [1.29, 1.82) is 0 Å². The van der Waals surface area contributed by atoms with Crippen molar-refractivity contribution in [3.05, 3.63) is 58.7 Å². The predicted octanol–water partition coefficient (Wildman–Crippen LogP) is 5.21. The lowest BCUT2D eigenvalue weighted by Gasteiger charge is -2.36. The number of imide groups is 1. The Morgan fingerprint density at radius 3 is 2.49 bits per heavy atom. The second kappa shape index (κ2) is 11.6. The molecule has 4 atom stereocenters. The van der Waals surface area contributed by atoms with Gasteiger partial charge in [-0.25, -0.2) is 0 Å². The summed E-state index contributed by atoms with van der Waals surface area (Å²) in [6.45, 7) is 6.18. The van der Waals surface area contributed by atoms with Gasteiger partial charge in [0.2, 0.25) is 11.8 Å². The third-order valence-electron chi connectivity index (χ3n) is 7.98. The zero-order valence-electron chi connectivity index (χ0n) is 22.1. The largest absolute Gasteiger partial charge is 0.507 e. The highest BCUT2D eigenvalue weighted by Gasteiger charge is 2.54. The minimum absolute atomic E-state index is 0.127. The molecule has 37 heavy (non-hydrogen) atoms. The fraction of sp³-hybridized carbons (Fsp3) is 0.484. The van der Waals surface area contributed by atoms with Crippen LogP contribution in [0.5, 0.6) is 5.75 Å². The van der Waals surface area contributed by atoms with Crippen LogP contribution in [0.2, 0.25) is 0 Å². The first-order chi connectivity index (χ1) is 17.8. The number of aromatic hydroxyl groups is 1. The Labute approximate surface area is 219 Å². The van der Waals surface area contributed by atoms with Gasteiger partial charge >= 0.3 is 0 Å². The van der Waals surface area contributed by atoms with Crippen LogP contribution in [0.15, 0.2) is 53.1 Å². The van der Waals surface area contributed by atoms with Gasteiger partial charge in [0.15, 0.2) is 0 Å². The lowest BCUT2D eigenvalue weighted by molar-refractivity contribution is -0.140. The van der Waals surface area contributed by atoms with Gasteiger partial charge in [0.05, 0.1) is 24.5 Å². The van der Waals surface area contributed by atoms with E-state index in [9.17, 15) is 24.9 Å². The number of phenolic OH excluding ortho intramolecular Hbond substituents is 1. The summed E-state index contributed by atoms with van der Waals surface area (Å²) in [5.74, 6) is -1.63. The summed E-state index contributed by atoms with van der Waals surface area (Å²) in [6, 6.07) is 11.3. The Hall–Kier alpha value is -2.96. The Balaban J connectivity index is 1.57. The van der Waals surface area contributed by atoms with E-state index in [1.807, 2.05) is 44.2 Å². The molecule has 2 aromatic rings. The van der Waals surface area contributed by atoms with Crippen molar-refractivity contribution in [2.75, 3.05) is 13.2 Å². The zero-order chi connectivity index (χ0) is 26.7. The maximum Gasteiger partial charge on any atom is 0.233 e. The third-order valence-corrected chi connectivity index (χ3v) is 7.98. The van der Waals surface area contributed by atoms with E-state index >= 15 is 0 Å². The van der Waals surface area contributed by atoms with Crippen molar-refractivity contribution in [2.24, 2.45) is 17.8 Å². The Morgan fingerprint density at radius 2 is 1.81 bits per heavy atom. The number of amides is 2. The van der Waals surface area contributed by atoms with Crippen LogP contribution in [-0.4, -0.2) is 51.3 Å². The molecule has 0 spiro atoms. The van der Waals surface area contributed by atoms with Gasteiger partial charge < -0.3 is 15.3 Å². The van der Waals surface area contributed by atoms with Gasteiger partial charge in [0, 0.05) is 17.8 Å². The summed E-state index contributed by atoms with van der Waals surface area (Å²) in [5.41, 5.74) is 3.89. The molecule has 6 nitrogen and oxygen atoms in total. The molecule has 2 amide bonds. The number of nitrogens with zero attached hydrogens (tertiary/aromatic N) is 1. The van der Waals surface area contributed by atoms with Crippen LogP contribution >= 0.6 is 0 Å². The molecule has 198 valence electrons. The lowest BCUT2D eigenvalue weighted by atomic mass is 9.67. The number of benzene rings is 2. The molecule has 0 unspecified atom stereocenters. The first kappa shape index (κ1) is 27.1. The van der Waals surface area contributed by atoms with Gasteiger partial charge in [-0.05, 0) is 61.6 Å². The van der Waals surface area contributed by atoms with E-state index in [-0.39, 0.29) is 24.2 Å². The number of phenols is 1. The number of aliphatic hydroxyl groups is 2. The van der Waals surface area contributed by atoms with Crippen molar-refractivity contribution in [2.45, 2.75) is 65.4 Å². The zero-order valence-corrected chi connectivity index (χ0v) is 22.1. The molecular formula is C31H39NO5. The van der Waals surface area contributed by atoms with E-state index < -0.39 is 23.9 Å². The van der Waals surface area contributed by atoms with E-state index in [2.05, 4.69) is 13.0 Å². The van der Waals surface area contributed by atoms with E-state index in [4.69, 9.17) is 0 Å². The van der Waals surface area contributed by atoms with E-state index in [0.717, 1.165) is 45.9 Å². The molecule has 1 saturated heterocycles. The Bertz CT molecular complexity index is 1230. The van der Waals surface area contributed by atoms with Gasteiger partial charge in [-0.2, -0.15) is 0 Å². The molecule has 2 aromatic carbocycles. The first-order valence-corrected chi connectivity index (χ1v) is 13.6. The summed E-state index contributed by atoms with van der Waals surface area (Å²) >= 11 is 0. The number of aliphatic hydroxyl groups excluding tert-OH is 2. The van der Waals surface area contributed by atoms with Gasteiger partial charge in [-0.1, -0.05) is 67.8 Å². The highest BCUT2D eigenvalue weighted by atomic mass is 16.3. The number of rotatable bonds is 10. The second-order valence-electron chi connectivity index (χ2n) is 10.5. The SMILES string of the molecule is CCCC1=C([C@H](O)CC/C(C)=C/c2ccc(O)c3ccccc23)[C@H](CO)[C@@H]2C(=O)N(CCC)C(=O)[C@@H]2C1. The van der Waals surface area contributed by atoms with E-state index in [0.29, 0.717) is 32.2 Å². The Kier molecular flexibility index (Phi) is 8.50. The van der Waals surface area contributed by atoms with Crippen LogP contribution in [0, 0.1) is 17.8 Å². The average Bonchev–Trinajstić information content (AvgIpc) is 3.13. The lowest BCUT2D eigenvalue weighted by Crippen LogP contribution is -2.39. The molecule has 1 heterocycles. The number of fused-ring (bicyclic) bond motifs is 2. The third kappa shape index (κ3) is 5.23. The molecule has 0 radical (unpaired) electrons. The molecule has 0 aromatic heterocycles. The number of likely N-dealkylation sites (tertiary alicyclic amines) is 1. The second-order valence-corrected chi connectivity index (χ2v) is 10.5. The van der Waals surface area contributed by atoms with Crippen LogP contribution in [-0.2, 0) is 9.59 Å². The fourth-order valence-electron chi connectivity index (χ4n) is 6.30. The normalized spacial score (nSPS) is 23.2. The number of allylic oxidation sites excluding steroid dienone is 2. The number of carbonyl (C=O) groups excluding carboxylic acids is 2. The minimum Gasteiger partial charge on any atom is -0.507 e. The topological polar surface area (TPSA) is 98.1 Å². The molecular weight excluding hydrogens is 466 g/mol. The molecule has 2 aliphatic rings. The van der Waals surface area contributed by atoms with Gasteiger partial charge in [0.25, 0.3) is 0 Å². The summed E-state index contributed by atoms with van der Waals surface area (Å²) in [7, 11) is 0. The van der Waals surface area contributed by atoms with Crippen LogP contribution in [0.3, 0.4) is 0 Å². The molecule has 3 N–H and O–H groups in total. The monoisotopic (exact) mass is 505 g/mol. The summed E-state index contributed by atoms with van der Waals surface area (Å²) in [6.07, 6.45) is 5.20. The van der Waals surface area contributed by atoms with E-state index in [1.54, 1.807) is 6.07 Å². The van der Waals surface area contributed by atoms with Crippen LogP contribution in [0.1, 0.15) is 64.9 Å². The van der Waals surface area contributed by atoms with Crippen molar-refractivity contribution < 1.29 is 24.9 Å². The van der Waals surface area contributed by atoms with Crippen molar-refractivity contribution >= 4 is 28.7 Å². The van der Waals surface area contributed by atoms with Crippen molar-refractivity contribution in [3.8, 4) is 5.75 Å². The average molecular weight is 506 g/mol. The quantitative estimate of drug-likeness (QED) is 0.304. The minimum atomic E-state index is -0.789. The smallest absolute Gasteiger partial charge is 0.233 e. The van der Waals surface area contributed by atoms with Crippen LogP contribution in [0.25, 0.3) is 16.8 Å². The van der Waals surface area contributed by atoms with Gasteiger partial charge in [0.1, 0.15) is 5.75 Å². The molecule has 1 aliphatic heterocycles. The summed E-state index contributed by atoms with van der Waals surface area (Å²) in [5, 5.41) is 33.8. The number of carbonyl (C=O) groups is 2. The molecule has 1 aliphatic carbocycles. The highest BCUT2D eigenvalue weighted by Crippen LogP contribution is 2.47. The maximum absolute atomic E-state index is 13.2. The number of hydrogen-bond acceptors (Lipinski definition) is 5. The van der Waals surface area contributed by atoms with Gasteiger partial charge in [-0.3, -0.25) is 14.5 Å². The van der Waals surface area contributed by atoms with E-state index in [1.165, 1.54) is 4.90 Å². The standard InChI is InChI=1S/C31H39NO5/c1-4-8-21-17-24-29(31(37)32(15-5-2)30(24)36)25(18-33)28(21)27(35)13-11-19(3)16-20-12-14-26(34)23-10-7-6-9-22(20)23/h6-7,9-10,12,14,16,24-25,27,29,33-35H,4-5,8,11,13,15,17-18H2,1-3H3/b19-16+/t24-,25+,27-,29-/m1/s1. The first-order valence-electron chi connectivity index (χ1n) is 13.6. The molecule has 6 heteroatoms. The summed E-state index contributed by atoms with van der Waals surface area (Å²) < 4.78 is 0. The summed E-state index contributed by atoms with van der Waals surface area (Å²) in [4.78, 5) is 27.6. The molecule has 0 bridgehead atoms. The molecule has 4 rings (SSSR count). The number of hydrogen-bond donors (Lipinski definition) is 3. The van der Waals surface area contributed by atoms with Crippen LogP contribution < -0.4 is 0 Å². The highest BCUT2D eigenvalue weighted by molar-refractivity contribution is 6.05. The maximum atomic E-state index is 13.2. The fourth-order valence-corrected chi connectivity index (χ4v) is 6.30. The van der Waals surface area contributed by atoms with Crippen LogP contribution in [0.4, 0.5) is 0 Å². The van der Waals surface area contributed by atoms with Crippen molar-refractivity contribution in [3.63, 3.8) is 0 Å². The Morgan fingerprint density at radius 1 is 1.08 bits per heavy atom. The van der Waals surface area contributed by atoms with Crippen molar-refractivity contribution in [1.82, 2.24) is 4.90 Å². The molecule has 0 saturated carbocycles. The molecule has 1 fully saturated rings. The predicted molar refractivity (Wildman–Crippen MR) is 146 cm³/mol. The van der Waals surface area contributed by atoms with Gasteiger partial charge in [-0.15, -0.1) is 0 Å².